The van der Waals surface area contributed by atoms with Crippen LogP contribution in [-0.4, -0.2) is 43.9 Å². The fourth-order valence-corrected chi connectivity index (χ4v) is 2.70. The Morgan fingerprint density at radius 1 is 1.47 bits per heavy atom. The molecule has 1 aromatic carbocycles. The summed E-state index contributed by atoms with van der Waals surface area (Å²) >= 11 is 0. The first kappa shape index (κ1) is 12.4. The SMILES string of the molecule is COc1cccc(CC2(CO)CCN(C)C2)c1. The number of hydrogen-bond donors (Lipinski definition) is 1. The van der Waals surface area contributed by atoms with Crippen molar-refractivity contribution < 1.29 is 9.84 Å². The van der Waals surface area contributed by atoms with Gasteiger partial charge in [-0.2, -0.15) is 0 Å². The Hall–Kier alpha value is -1.06. The molecule has 2 rings (SSSR count). The molecule has 1 N–H and O–H groups in total. The first-order valence-corrected chi connectivity index (χ1v) is 6.10. The molecule has 1 atom stereocenters. The van der Waals surface area contributed by atoms with Gasteiger partial charge in [-0.1, -0.05) is 12.1 Å². The Kier molecular flexibility index (Phi) is 3.69. The van der Waals surface area contributed by atoms with Crippen molar-refractivity contribution in [1.29, 1.82) is 0 Å². The third-order valence-corrected chi connectivity index (χ3v) is 3.68. The second-order valence-electron chi connectivity index (χ2n) is 5.17. The van der Waals surface area contributed by atoms with Gasteiger partial charge in [-0.15, -0.1) is 0 Å². The third-order valence-electron chi connectivity index (χ3n) is 3.68. The lowest BCUT2D eigenvalue weighted by Gasteiger charge is -2.26. The highest BCUT2D eigenvalue weighted by molar-refractivity contribution is 5.29. The van der Waals surface area contributed by atoms with Crippen LogP contribution < -0.4 is 4.74 Å². The number of methoxy groups -OCH3 is 1. The lowest BCUT2D eigenvalue weighted by molar-refractivity contribution is 0.132. The van der Waals surface area contributed by atoms with Crippen LogP contribution in [0.1, 0.15) is 12.0 Å². The van der Waals surface area contributed by atoms with Crippen molar-refractivity contribution in [3.63, 3.8) is 0 Å². The van der Waals surface area contributed by atoms with E-state index in [1.807, 2.05) is 12.1 Å². The molecule has 1 heterocycles. The molecule has 17 heavy (non-hydrogen) atoms. The lowest BCUT2D eigenvalue weighted by Crippen LogP contribution is -2.31. The largest absolute Gasteiger partial charge is 0.497 e. The molecule has 0 amide bonds. The number of rotatable bonds is 4. The van der Waals surface area contributed by atoms with Gasteiger partial charge in [-0.05, 0) is 44.1 Å². The van der Waals surface area contributed by atoms with E-state index >= 15 is 0 Å². The van der Waals surface area contributed by atoms with Crippen LogP contribution in [0.5, 0.6) is 5.75 Å². The van der Waals surface area contributed by atoms with Gasteiger partial charge in [-0.3, -0.25) is 0 Å². The standard InChI is InChI=1S/C14H21NO2/c1-15-7-6-14(10-15,11-16)9-12-4-3-5-13(8-12)17-2/h3-5,8,16H,6-7,9-11H2,1-2H3. The van der Waals surface area contributed by atoms with Crippen LogP contribution in [0.2, 0.25) is 0 Å². The molecule has 0 spiro atoms. The summed E-state index contributed by atoms with van der Waals surface area (Å²) in [5, 5.41) is 9.66. The lowest BCUT2D eigenvalue weighted by atomic mass is 9.81. The van der Waals surface area contributed by atoms with Gasteiger partial charge < -0.3 is 14.7 Å². The minimum Gasteiger partial charge on any atom is -0.497 e. The highest BCUT2D eigenvalue weighted by atomic mass is 16.5. The Balaban J connectivity index is 2.12. The van der Waals surface area contributed by atoms with Gasteiger partial charge in [0.1, 0.15) is 5.75 Å². The molecule has 1 aromatic rings. The van der Waals surface area contributed by atoms with Crippen molar-refractivity contribution in [2.24, 2.45) is 5.41 Å². The molecule has 94 valence electrons. The molecule has 0 bridgehead atoms. The number of ether oxygens (including phenoxy) is 1. The van der Waals surface area contributed by atoms with Gasteiger partial charge in [0.15, 0.2) is 0 Å². The maximum atomic E-state index is 9.66. The number of benzene rings is 1. The summed E-state index contributed by atoms with van der Waals surface area (Å²) < 4.78 is 5.23. The van der Waals surface area contributed by atoms with Gasteiger partial charge in [-0.25, -0.2) is 0 Å². The van der Waals surface area contributed by atoms with Gasteiger partial charge in [0.2, 0.25) is 0 Å². The second-order valence-corrected chi connectivity index (χ2v) is 5.17. The molecular formula is C14H21NO2. The number of likely N-dealkylation sites (tertiary alicyclic amines) is 1. The minimum atomic E-state index is 0.0289. The fraction of sp³-hybridized carbons (Fsp3) is 0.571. The van der Waals surface area contributed by atoms with E-state index in [4.69, 9.17) is 4.74 Å². The van der Waals surface area contributed by atoms with E-state index in [2.05, 4.69) is 24.1 Å². The van der Waals surface area contributed by atoms with Crippen molar-refractivity contribution in [1.82, 2.24) is 4.90 Å². The molecule has 1 fully saturated rings. The third kappa shape index (κ3) is 2.79. The average Bonchev–Trinajstić information content (AvgIpc) is 2.72. The van der Waals surface area contributed by atoms with Crippen molar-refractivity contribution in [3.05, 3.63) is 29.8 Å². The maximum Gasteiger partial charge on any atom is 0.119 e. The Labute approximate surface area is 103 Å². The van der Waals surface area contributed by atoms with Gasteiger partial charge in [0.25, 0.3) is 0 Å². The highest BCUT2D eigenvalue weighted by Crippen LogP contribution is 2.33. The van der Waals surface area contributed by atoms with Crippen LogP contribution >= 0.6 is 0 Å². The van der Waals surface area contributed by atoms with Crippen LogP contribution in [0.15, 0.2) is 24.3 Å². The molecule has 3 nitrogen and oxygen atoms in total. The molecule has 0 aromatic heterocycles. The molecule has 1 saturated heterocycles. The van der Waals surface area contributed by atoms with Crippen LogP contribution in [0, 0.1) is 5.41 Å². The molecule has 3 heteroatoms. The van der Waals surface area contributed by atoms with Crippen molar-refractivity contribution in [3.8, 4) is 5.75 Å². The number of nitrogens with zero attached hydrogens (tertiary/aromatic N) is 1. The topological polar surface area (TPSA) is 32.7 Å². The predicted octanol–water partition coefficient (Wildman–Crippen LogP) is 1.55. The number of hydrogen-bond acceptors (Lipinski definition) is 3. The zero-order valence-corrected chi connectivity index (χ0v) is 10.6. The smallest absolute Gasteiger partial charge is 0.119 e. The summed E-state index contributed by atoms with van der Waals surface area (Å²) in [6.45, 7) is 2.31. The zero-order valence-electron chi connectivity index (χ0n) is 10.6. The van der Waals surface area contributed by atoms with Crippen molar-refractivity contribution in [2.45, 2.75) is 12.8 Å². The molecule has 1 unspecified atom stereocenters. The molecule has 1 aliphatic rings. The summed E-state index contributed by atoms with van der Waals surface area (Å²) in [5.74, 6) is 0.891. The maximum absolute atomic E-state index is 9.66. The van der Waals surface area contributed by atoms with E-state index < -0.39 is 0 Å². The zero-order chi connectivity index (χ0) is 12.3. The Bertz CT molecular complexity index is 380. The first-order chi connectivity index (χ1) is 8.17. The summed E-state index contributed by atoms with van der Waals surface area (Å²) in [4.78, 5) is 2.29. The van der Waals surface area contributed by atoms with E-state index in [0.717, 1.165) is 31.7 Å². The van der Waals surface area contributed by atoms with Crippen LogP contribution in [-0.2, 0) is 6.42 Å². The van der Waals surface area contributed by atoms with Crippen molar-refractivity contribution in [2.75, 3.05) is 33.9 Å². The van der Waals surface area contributed by atoms with E-state index in [9.17, 15) is 5.11 Å². The quantitative estimate of drug-likeness (QED) is 0.859. The van der Waals surface area contributed by atoms with Crippen molar-refractivity contribution >= 4 is 0 Å². The second kappa shape index (κ2) is 5.07. The normalized spacial score (nSPS) is 25.1. The van der Waals surface area contributed by atoms with Crippen LogP contribution in [0.4, 0.5) is 0 Å². The van der Waals surface area contributed by atoms with Crippen LogP contribution in [0.3, 0.4) is 0 Å². The first-order valence-electron chi connectivity index (χ1n) is 6.10. The summed E-state index contributed by atoms with van der Waals surface area (Å²) in [6, 6.07) is 8.14. The highest BCUT2D eigenvalue weighted by Gasteiger charge is 2.36. The van der Waals surface area contributed by atoms with E-state index in [0.29, 0.717) is 0 Å². The average molecular weight is 235 g/mol. The molecule has 0 radical (unpaired) electrons. The van der Waals surface area contributed by atoms with Crippen LogP contribution in [0.25, 0.3) is 0 Å². The van der Waals surface area contributed by atoms with Gasteiger partial charge in [0.05, 0.1) is 13.7 Å². The monoisotopic (exact) mass is 235 g/mol. The van der Waals surface area contributed by atoms with Gasteiger partial charge >= 0.3 is 0 Å². The van der Waals surface area contributed by atoms with E-state index in [1.54, 1.807) is 7.11 Å². The van der Waals surface area contributed by atoms with E-state index in [-0.39, 0.29) is 12.0 Å². The molecule has 0 saturated carbocycles. The fourth-order valence-electron chi connectivity index (χ4n) is 2.70. The number of aliphatic hydroxyl groups is 1. The minimum absolute atomic E-state index is 0.0289. The van der Waals surface area contributed by atoms with Gasteiger partial charge in [0, 0.05) is 12.0 Å². The summed E-state index contributed by atoms with van der Waals surface area (Å²) in [6.07, 6.45) is 1.99. The Morgan fingerprint density at radius 3 is 2.88 bits per heavy atom. The number of aliphatic hydroxyl groups excluding tert-OH is 1. The van der Waals surface area contributed by atoms with E-state index in [1.165, 1.54) is 5.56 Å². The predicted molar refractivity (Wildman–Crippen MR) is 68.3 cm³/mol. The summed E-state index contributed by atoms with van der Waals surface area (Å²) in [7, 11) is 3.80. The Morgan fingerprint density at radius 2 is 2.29 bits per heavy atom. The molecule has 0 aliphatic carbocycles. The molecular weight excluding hydrogens is 214 g/mol. The summed E-state index contributed by atoms with van der Waals surface area (Å²) in [5.41, 5.74) is 1.27. The molecule has 1 aliphatic heterocycles.